The van der Waals surface area contributed by atoms with Crippen LogP contribution in [0.25, 0.3) is 0 Å². The van der Waals surface area contributed by atoms with Crippen LogP contribution in [0.2, 0.25) is 5.02 Å². The van der Waals surface area contributed by atoms with E-state index in [1.165, 1.54) is 12.1 Å². The van der Waals surface area contributed by atoms with Crippen LogP contribution < -0.4 is 5.73 Å². The Hall–Kier alpha value is -0.170. The smallest absolute Gasteiger partial charge is 0.124 e. The predicted octanol–water partition coefficient (Wildman–Crippen LogP) is 5.09. The van der Waals surface area contributed by atoms with E-state index in [1.807, 2.05) is 18.2 Å². The molecule has 0 bridgehead atoms. The van der Waals surface area contributed by atoms with E-state index in [-0.39, 0.29) is 11.9 Å². The van der Waals surface area contributed by atoms with Crippen molar-refractivity contribution in [1.29, 1.82) is 0 Å². The summed E-state index contributed by atoms with van der Waals surface area (Å²) in [5.41, 5.74) is 8.09. The van der Waals surface area contributed by atoms with E-state index in [0.717, 1.165) is 19.2 Å². The van der Waals surface area contributed by atoms with Gasteiger partial charge in [0, 0.05) is 19.1 Å². The Balaban J connectivity index is 2.25. The third kappa shape index (κ3) is 3.90. The summed E-state index contributed by atoms with van der Waals surface area (Å²) in [6.45, 7) is 0. The maximum absolute atomic E-state index is 13.0. The van der Waals surface area contributed by atoms with Gasteiger partial charge < -0.3 is 5.73 Å². The van der Waals surface area contributed by atoms with Gasteiger partial charge in [-0.1, -0.05) is 33.6 Å². The molecule has 1 unspecified atom stereocenters. The summed E-state index contributed by atoms with van der Waals surface area (Å²) in [6.07, 6.45) is 0.567. The highest BCUT2D eigenvalue weighted by Gasteiger charge is 2.13. The molecule has 0 heterocycles. The molecule has 2 aromatic carbocycles. The molecule has 0 aromatic heterocycles. The lowest BCUT2D eigenvalue weighted by Gasteiger charge is -2.15. The van der Waals surface area contributed by atoms with Gasteiger partial charge in [0.2, 0.25) is 0 Å². The SMILES string of the molecule is NC(Cc1ccc(F)cc1Cl)c1cc(I)ccc1Br. The van der Waals surface area contributed by atoms with Gasteiger partial charge in [-0.25, -0.2) is 4.39 Å². The topological polar surface area (TPSA) is 26.0 Å². The highest BCUT2D eigenvalue weighted by atomic mass is 127. The summed E-state index contributed by atoms with van der Waals surface area (Å²) < 4.78 is 15.1. The molecule has 19 heavy (non-hydrogen) atoms. The largest absolute Gasteiger partial charge is 0.324 e. The minimum absolute atomic E-state index is 0.188. The molecule has 2 N–H and O–H groups in total. The highest BCUT2D eigenvalue weighted by molar-refractivity contribution is 14.1. The highest BCUT2D eigenvalue weighted by Crippen LogP contribution is 2.28. The quantitative estimate of drug-likeness (QED) is 0.643. The Kier molecular flexibility index (Phi) is 5.22. The van der Waals surface area contributed by atoms with Crippen molar-refractivity contribution < 1.29 is 4.39 Å². The first-order chi connectivity index (χ1) is 8.97. The molecule has 0 radical (unpaired) electrons. The molecule has 2 rings (SSSR count). The Morgan fingerprint density at radius 3 is 2.68 bits per heavy atom. The zero-order valence-corrected chi connectivity index (χ0v) is 14.3. The molecular weight excluding hydrogens is 443 g/mol. The molecular formula is C14H11BrClFIN. The number of halogens is 4. The normalized spacial score (nSPS) is 12.5. The van der Waals surface area contributed by atoms with Crippen LogP contribution in [-0.4, -0.2) is 0 Å². The average Bonchev–Trinajstić information content (AvgIpc) is 2.35. The van der Waals surface area contributed by atoms with Crippen LogP contribution in [0.5, 0.6) is 0 Å². The Labute approximate surface area is 138 Å². The van der Waals surface area contributed by atoms with Crippen LogP contribution in [0.1, 0.15) is 17.2 Å². The third-order valence-electron chi connectivity index (χ3n) is 2.81. The summed E-state index contributed by atoms with van der Waals surface area (Å²) in [5, 5.41) is 0.414. The zero-order valence-electron chi connectivity index (χ0n) is 9.84. The first-order valence-electron chi connectivity index (χ1n) is 5.62. The average molecular weight is 455 g/mol. The van der Waals surface area contributed by atoms with E-state index < -0.39 is 0 Å². The van der Waals surface area contributed by atoms with Crippen molar-refractivity contribution in [1.82, 2.24) is 0 Å². The number of benzene rings is 2. The molecule has 1 nitrogen and oxygen atoms in total. The Bertz CT molecular complexity index is 606. The third-order valence-corrected chi connectivity index (χ3v) is 4.56. The van der Waals surface area contributed by atoms with E-state index in [2.05, 4.69) is 38.5 Å². The number of hydrogen-bond acceptors (Lipinski definition) is 1. The standard InChI is InChI=1S/C14H11BrClFIN/c15-12-4-3-10(18)7-11(12)14(19)5-8-1-2-9(17)6-13(8)16/h1-4,6-7,14H,5,19H2. The summed E-state index contributed by atoms with van der Waals surface area (Å²) in [6, 6.07) is 10.2. The predicted molar refractivity (Wildman–Crippen MR) is 88.9 cm³/mol. The lowest BCUT2D eigenvalue weighted by atomic mass is 10.00. The summed E-state index contributed by atoms with van der Waals surface area (Å²) in [5.74, 6) is -0.335. The number of rotatable bonds is 3. The number of nitrogens with two attached hydrogens (primary N) is 1. The molecule has 100 valence electrons. The van der Waals surface area contributed by atoms with Gasteiger partial charge in [-0.3, -0.25) is 0 Å². The van der Waals surface area contributed by atoms with Crippen LogP contribution in [0.4, 0.5) is 4.39 Å². The lowest BCUT2D eigenvalue weighted by molar-refractivity contribution is 0.625. The molecule has 0 aliphatic rings. The van der Waals surface area contributed by atoms with Gasteiger partial charge in [-0.2, -0.15) is 0 Å². The van der Waals surface area contributed by atoms with Gasteiger partial charge in [-0.15, -0.1) is 0 Å². The van der Waals surface area contributed by atoms with Crippen molar-refractivity contribution in [2.45, 2.75) is 12.5 Å². The molecule has 0 fully saturated rings. The fourth-order valence-electron chi connectivity index (χ4n) is 1.83. The molecule has 0 spiro atoms. The van der Waals surface area contributed by atoms with E-state index >= 15 is 0 Å². The molecule has 0 amide bonds. The summed E-state index contributed by atoms with van der Waals surface area (Å²) in [7, 11) is 0. The Morgan fingerprint density at radius 2 is 2.00 bits per heavy atom. The van der Waals surface area contributed by atoms with Crippen molar-refractivity contribution in [2.75, 3.05) is 0 Å². The van der Waals surface area contributed by atoms with Crippen LogP contribution in [0.15, 0.2) is 40.9 Å². The molecule has 5 heteroatoms. The molecule has 0 aliphatic heterocycles. The van der Waals surface area contributed by atoms with Gasteiger partial charge in [0.05, 0.1) is 0 Å². The lowest BCUT2D eigenvalue weighted by Crippen LogP contribution is -2.14. The van der Waals surface area contributed by atoms with Gasteiger partial charge in [0.25, 0.3) is 0 Å². The maximum Gasteiger partial charge on any atom is 0.124 e. The van der Waals surface area contributed by atoms with Crippen molar-refractivity contribution in [2.24, 2.45) is 5.73 Å². The number of hydrogen-bond donors (Lipinski definition) is 1. The monoisotopic (exact) mass is 453 g/mol. The fraction of sp³-hybridized carbons (Fsp3) is 0.143. The minimum atomic E-state index is -0.335. The van der Waals surface area contributed by atoms with Crippen LogP contribution >= 0.6 is 50.1 Å². The Morgan fingerprint density at radius 1 is 1.26 bits per heavy atom. The molecule has 0 saturated heterocycles. The molecule has 2 aromatic rings. The zero-order chi connectivity index (χ0) is 14.0. The fourth-order valence-corrected chi connectivity index (χ4v) is 3.13. The van der Waals surface area contributed by atoms with E-state index in [1.54, 1.807) is 6.07 Å². The summed E-state index contributed by atoms with van der Waals surface area (Å²) >= 11 is 11.8. The molecule has 0 saturated carbocycles. The van der Waals surface area contributed by atoms with E-state index in [9.17, 15) is 4.39 Å². The molecule has 0 aliphatic carbocycles. The van der Waals surface area contributed by atoms with Gasteiger partial charge in [0.15, 0.2) is 0 Å². The first kappa shape index (κ1) is 15.2. The summed E-state index contributed by atoms with van der Waals surface area (Å²) in [4.78, 5) is 0. The van der Waals surface area contributed by atoms with Crippen molar-refractivity contribution in [3.63, 3.8) is 0 Å². The van der Waals surface area contributed by atoms with E-state index in [4.69, 9.17) is 17.3 Å². The van der Waals surface area contributed by atoms with Crippen LogP contribution in [-0.2, 0) is 6.42 Å². The van der Waals surface area contributed by atoms with Crippen molar-refractivity contribution in [3.8, 4) is 0 Å². The van der Waals surface area contributed by atoms with Crippen LogP contribution in [0.3, 0.4) is 0 Å². The molecule has 1 atom stereocenters. The minimum Gasteiger partial charge on any atom is -0.324 e. The van der Waals surface area contributed by atoms with Gasteiger partial charge in [0.1, 0.15) is 5.82 Å². The van der Waals surface area contributed by atoms with Crippen LogP contribution in [0, 0.1) is 9.39 Å². The first-order valence-corrected chi connectivity index (χ1v) is 7.87. The van der Waals surface area contributed by atoms with Gasteiger partial charge >= 0.3 is 0 Å². The maximum atomic E-state index is 13.0. The van der Waals surface area contributed by atoms with Gasteiger partial charge in [-0.05, 0) is 70.5 Å². The second-order valence-corrected chi connectivity index (χ2v) is 6.72. The van der Waals surface area contributed by atoms with Crippen molar-refractivity contribution >= 4 is 50.1 Å². The second-order valence-electron chi connectivity index (χ2n) is 4.21. The second kappa shape index (κ2) is 6.52. The van der Waals surface area contributed by atoms with E-state index in [0.29, 0.717) is 11.4 Å². The van der Waals surface area contributed by atoms with Crippen molar-refractivity contribution in [3.05, 3.63) is 66.4 Å².